The van der Waals surface area contributed by atoms with Gasteiger partial charge < -0.3 is 14.4 Å². The van der Waals surface area contributed by atoms with Crippen LogP contribution in [0.5, 0.6) is 0 Å². The summed E-state index contributed by atoms with van der Waals surface area (Å²) >= 11 is 0. The van der Waals surface area contributed by atoms with E-state index in [1.807, 2.05) is 23.4 Å². The second kappa shape index (κ2) is 8.54. The van der Waals surface area contributed by atoms with Gasteiger partial charge in [0, 0.05) is 43.4 Å². The van der Waals surface area contributed by atoms with E-state index in [0.29, 0.717) is 39.1 Å². The average Bonchev–Trinajstić information content (AvgIpc) is 3.39. The molecule has 1 amide bonds. The maximum absolute atomic E-state index is 13.0. The molecule has 4 heterocycles. The first-order valence-corrected chi connectivity index (χ1v) is 11.8. The number of carbonyl (C=O) groups is 1. The van der Waals surface area contributed by atoms with Gasteiger partial charge in [-0.05, 0) is 57.4 Å². The molecule has 3 aromatic rings. The molecule has 7 nitrogen and oxygen atoms in total. The third kappa shape index (κ3) is 4.04. The number of hydrogen-bond donors (Lipinski definition) is 0. The average molecular weight is 449 g/mol. The van der Waals surface area contributed by atoms with Crippen molar-refractivity contribution in [2.24, 2.45) is 0 Å². The number of rotatable bonds is 4. The maximum atomic E-state index is 13.0. The summed E-state index contributed by atoms with van der Waals surface area (Å²) in [6.45, 7) is 11.0. The zero-order chi connectivity index (χ0) is 23.2. The molecule has 5 rings (SSSR count). The van der Waals surface area contributed by atoms with E-state index < -0.39 is 5.79 Å². The highest BCUT2D eigenvalue weighted by atomic mass is 16.7. The minimum Gasteiger partial charge on any atom is -0.347 e. The van der Waals surface area contributed by atoms with Crippen molar-refractivity contribution in [1.29, 1.82) is 0 Å². The highest BCUT2D eigenvalue weighted by Crippen LogP contribution is 2.32. The van der Waals surface area contributed by atoms with Gasteiger partial charge in [0.05, 0.1) is 24.6 Å². The van der Waals surface area contributed by atoms with Gasteiger partial charge in [-0.3, -0.25) is 4.79 Å². The molecule has 7 heteroatoms. The Bertz CT molecular complexity index is 1180. The third-order valence-electron chi connectivity index (χ3n) is 7.13. The molecule has 0 aliphatic carbocycles. The molecule has 0 unspecified atom stereocenters. The van der Waals surface area contributed by atoms with Gasteiger partial charge in [0.15, 0.2) is 11.4 Å². The van der Waals surface area contributed by atoms with Crippen LogP contribution in [0.2, 0.25) is 0 Å². The number of aryl methyl sites for hydroxylation is 4. The van der Waals surface area contributed by atoms with Crippen LogP contribution in [0.1, 0.15) is 47.3 Å². The molecular formula is C26H32N4O3. The Balaban J connectivity index is 1.34. The van der Waals surface area contributed by atoms with E-state index in [4.69, 9.17) is 19.6 Å². The Hall–Kier alpha value is -2.77. The van der Waals surface area contributed by atoms with Crippen LogP contribution >= 0.6 is 0 Å². The number of ether oxygens (including phenoxy) is 2. The molecule has 2 aliphatic heterocycles. The summed E-state index contributed by atoms with van der Waals surface area (Å²) in [5.74, 6) is -0.262. The van der Waals surface area contributed by atoms with Gasteiger partial charge in [0.25, 0.3) is 0 Å². The summed E-state index contributed by atoms with van der Waals surface area (Å²) in [6, 6.07) is 8.33. The van der Waals surface area contributed by atoms with E-state index in [1.54, 1.807) is 0 Å². The van der Waals surface area contributed by atoms with Gasteiger partial charge >= 0.3 is 0 Å². The number of benzene rings is 1. The van der Waals surface area contributed by atoms with Gasteiger partial charge in [-0.15, -0.1) is 0 Å². The van der Waals surface area contributed by atoms with Gasteiger partial charge in [-0.2, -0.15) is 5.10 Å². The lowest BCUT2D eigenvalue weighted by atomic mass is 9.98. The number of hydrogen-bond acceptors (Lipinski definition) is 5. The zero-order valence-electron chi connectivity index (χ0n) is 20.0. The molecule has 2 aromatic heterocycles. The molecule has 0 N–H and O–H groups in total. The Labute approximate surface area is 194 Å². The first-order valence-electron chi connectivity index (χ1n) is 11.8. The number of piperidine rings is 1. The first kappa shape index (κ1) is 22.0. The summed E-state index contributed by atoms with van der Waals surface area (Å²) in [5.41, 5.74) is 7.34. The summed E-state index contributed by atoms with van der Waals surface area (Å²) in [4.78, 5) is 19.8. The molecule has 174 valence electrons. The number of carbonyl (C=O) groups excluding carboxylic acids is 1. The van der Waals surface area contributed by atoms with Crippen molar-refractivity contribution in [3.63, 3.8) is 0 Å². The minimum atomic E-state index is -0.450. The molecule has 2 saturated heterocycles. The molecular weight excluding hydrogens is 416 g/mol. The first-order chi connectivity index (χ1) is 15.9. The fourth-order valence-corrected chi connectivity index (χ4v) is 5.21. The van der Waals surface area contributed by atoms with Gasteiger partial charge in [-0.25, -0.2) is 9.67 Å². The Morgan fingerprint density at radius 2 is 1.67 bits per heavy atom. The molecule has 0 radical (unpaired) electrons. The Morgan fingerprint density at radius 1 is 1.00 bits per heavy atom. The number of fused-ring (bicyclic) bond motifs is 1. The van der Waals surface area contributed by atoms with Crippen LogP contribution in [0.4, 0.5) is 0 Å². The molecule has 2 aliphatic rings. The van der Waals surface area contributed by atoms with Crippen molar-refractivity contribution in [1.82, 2.24) is 19.7 Å². The quantitative estimate of drug-likeness (QED) is 0.604. The lowest BCUT2D eigenvalue weighted by molar-refractivity contribution is -0.187. The normalized spacial score (nSPS) is 17.9. The maximum Gasteiger partial charge on any atom is 0.222 e. The van der Waals surface area contributed by atoms with Crippen LogP contribution in [-0.2, 0) is 20.7 Å². The number of likely N-dealkylation sites (tertiary alicyclic amines) is 1. The second-order valence-corrected chi connectivity index (χ2v) is 9.32. The number of amides is 1. The predicted molar refractivity (Wildman–Crippen MR) is 127 cm³/mol. The highest BCUT2D eigenvalue weighted by Gasteiger charge is 2.40. The summed E-state index contributed by atoms with van der Waals surface area (Å²) < 4.78 is 13.5. The van der Waals surface area contributed by atoms with Crippen molar-refractivity contribution in [2.75, 3.05) is 26.3 Å². The lowest BCUT2D eigenvalue weighted by Gasteiger charge is -2.37. The fraction of sp³-hybridized carbons (Fsp3) is 0.500. The number of pyridine rings is 1. The van der Waals surface area contributed by atoms with Crippen molar-refractivity contribution in [2.45, 2.75) is 59.2 Å². The van der Waals surface area contributed by atoms with Gasteiger partial charge in [-0.1, -0.05) is 17.7 Å². The number of nitrogens with zero attached hydrogens (tertiary/aromatic N) is 4. The third-order valence-corrected chi connectivity index (χ3v) is 7.13. The second-order valence-electron chi connectivity index (χ2n) is 9.32. The van der Waals surface area contributed by atoms with Crippen LogP contribution in [-0.4, -0.2) is 57.7 Å². The Morgan fingerprint density at radius 3 is 2.33 bits per heavy atom. The zero-order valence-corrected chi connectivity index (χ0v) is 20.0. The van der Waals surface area contributed by atoms with Crippen LogP contribution in [0.3, 0.4) is 0 Å². The lowest BCUT2D eigenvalue weighted by Crippen LogP contribution is -2.47. The van der Waals surface area contributed by atoms with Crippen LogP contribution in [0.25, 0.3) is 16.7 Å². The number of aromatic nitrogens is 3. The highest BCUT2D eigenvalue weighted by molar-refractivity contribution is 5.85. The van der Waals surface area contributed by atoms with E-state index in [0.717, 1.165) is 46.5 Å². The molecule has 0 saturated carbocycles. The standard InChI is InChI=1S/C26H32N4O3/c1-17-5-7-21(8-6-17)30-25-24(20(4)28-30)18(2)22(19(3)27-25)9-10-23(31)29-13-11-26(12-14-29)32-15-16-33-26/h5-8H,9-16H2,1-4H3. The smallest absolute Gasteiger partial charge is 0.222 e. The molecule has 33 heavy (non-hydrogen) atoms. The minimum absolute atomic E-state index is 0.189. The monoisotopic (exact) mass is 448 g/mol. The van der Waals surface area contributed by atoms with E-state index in [-0.39, 0.29) is 5.91 Å². The van der Waals surface area contributed by atoms with Crippen molar-refractivity contribution < 1.29 is 14.3 Å². The van der Waals surface area contributed by atoms with Crippen LogP contribution in [0.15, 0.2) is 24.3 Å². The van der Waals surface area contributed by atoms with Crippen molar-refractivity contribution in [3.8, 4) is 5.69 Å². The summed E-state index contributed by atoms with van der Waals surface area (Å²) in [7, 11) is 0. The molecule has 1 spiro atoms. The SMILES string of the molecule is Cc1ccc(-n2nc(C)c3c(C)c(CCC(=O)N4CCC5(CC4)OCCO5)c(C)nc32)cc1. The molecule has 2 fully saturated rings. The van der Waals surface area contributed by atoms with E-state index in [2.05, 4.69) is 38.1 Å². The van der Waals surface area contributed by atoms with Crippen LogP contribution < -0.4 is 0 Å². The van der Waals surface area contributed by atoms with E-state index >= 15 is 0 Å². The molecule has 1 aromatic carbocycles. The molecule has 0 bridgehead atoms. The largest absolute Gasteiger partial charge is 0.347 e. The fourth-order valence-electron chi connectivity index (χ4n) is 5.21. The van der Waals surface area contributed by atoms with E-state index in [9.17, 15) is 4.79 Å². The van der Waals surface area contributed by atoms with Crippen LogP contribution in [0, 0.1) is 27.7 Å². The predicted octanol–water partition coefficient (Wildman–Crippen LogP) is 3.95. The molecule has 0 atom stereocenters. The summed E-state index contributed by atoms with van der Waals surface area (Å²) in [5, 5.41) is 5.87. The topological polar surface area (TPSA) is 69.5 Å². The van der Waals surface area contributed by atoms with Gasteiger partial charge in [0.2, 0.25) is 5.91 Å². The van der Waals surface area contributed by atoms with Crippen molar-refractivity contribution >= 4 is 16.9 Å². The Kier molecular flexibility index (Phi) is 5.70. The van der Waals surface area contributed by atoms with Crippen molar-refractivity contribution in [3.05, 3.63) is 52.3 Å². The summed E-state index contributed by atoms with van der Waals surface area (Å²) in [6.07, 6.45) is 2.67. The van der Waals surface area contributed by atoms with Gasteiger partial charge in [0.1, 0.15) is 0 Å². The van der Waals surface area contributed by atoms with E-state index in [1.165, 1.54) is 11.1 Å².